The lowest BCUT2D eigenvalue weighted by Gasteiger charge is -2.14. The van der Waals surface area contributed by atoms with E-state index in [1.54, 1.807) is 6.07 Å². The third kappa shape index (κ3) is 4.63. The second-order valence-corrected chi connectivity index (χ2v) is 4.49. The Morgan fingerprint density at radius 1 is 1.33 bits per heavy atom. The van der Waals surface area contributed by atoms with Crippen molar-refractivity contribution in [2.24, 2.45) is 11.7 Å². The van der Waals surface area contributed by atoms with E-state index in [9.17, 15) is 5.11 Å². The molecule has 1 heterocycles. The lowest BCUT2D eigenvalue weighted by atomic mass is 10.1. The zero-order chi connectivity index (χ0) is 13.4. The Kier molecular flexibility index (Phi) is 6.68. The topological polar surface area (TPSA) is 68.4 Å². The molecule has 0 radical (unpaired) electrons. The zero-order valence-electron chi connectivity index (χ0n) is 11.3. The number of aliphatic hydroxyl groups is 1. The molecule has 0 bridgehead atoms. The summed E-state index contributed by atoms with van der Waals surface area (Å²) in [6, 6.07) is 5.47. The van der Waals surface area contributed by atoms with Crippen LogP contribution in [0.2, 0.25) is 0 Å². The van der Waals surface area contributed by atoms with E-state index in [-0.39, 0.29) is 0 Å². The molecule has 18 heavy (non-hydrogen) atoms. The first-order valence-corrected chi connectivity index (χ1v) is 6.69. The van der Waals surface area contributed by atoms with Crippen LogP contribution in [0.25, 0.3) is 0 Å². The maximum absolute atomic E-state index is 9.82. The molecule has 4 heteroatoms. The fourth-order valence-corrected chi connectivity index (χ4v) is 1.73. The highest BCUT2D eigenvalue weighted by atomic mass is 16.5. The average molecular weight is 252 g/mol. The summed E-state index contributed by atoms with van der Waals surface area (Å²) in [5.74, 6) is 1.14. The summed E-state index contributed by atoms with van der Waals surface area (Å²) in [7, 11) is 0. The molecule has 1 aromatic rings. The molecule has 0 saturated heterocycles. The van der Waals surface area contributed by atoms with Crippen LogP contribution in [0.3, 0.4) is 0 Å². The van der Waals surface area contributed by atoms with Crippen LogP contribution >= 0.6 is 0 Å². The van der Waals surface area contributed by atoms with Gasteiger partial charge in [0.25, 0.3) is 0 Å². The summed E-state index contributed by atoms with van der Waals surface area (Å²) in [5, 5.41) is 9.82. The highest BCUT2D eigenvalue weighted by molar-refractivity contribution is 5.17. The SMILES string of the molecule is CCC(CC)COc1cccc(C(O)CCN)n1. The number of aliphatic hydroxyl groups excluding tert-OH is 1. The predicted octanol–water partition coefficient (Wildman–Crippen LogP) is 2.28. The summed E-state index contributed by atoms with van der Waals surface area (Å²) < 4.78 is 5.67. The normalized spacial score (nSPS) is 12.7. The lowest BCUT2D eigenvalue weighted by molar-refractivity contribution is 0.162. The van der Waals surface area contributed by atoms with Gasteiger partial charge in [0.2, 0.25) is 5.88 Å². The van der Waals surface area contributed by atoms with E-state index in [0.29, 0.717) is 37.1 Å². The molecule has 0 spiro atoms. The fourth-order valence-electron chi connectivity index (χ4n) is 1.73. The quantitative estimate of drug-likeness (QED) is 0.744. The Labute approximate surface area is 109 Å². The number of ether oxygens (including phenoxy) is 1. The highest BCUT2D eigenvalue weighted by Crippen LogP contribution is 2.18. The Morgan fingerprint density at radius 3 is 2.67 bits per heavy atom. The molecule has 1 unspecified atom stereocenters. The monoisotopic (exact) mass is 252 g/mol. The smallest absolute Gasteiger partial charge is 0.213 e. The van der Waals surface area contributed by atoms with E-state index in [1.807, 2.05) is 12.1 Å². The van der Waals surface area contributed by atoms with Gasteiger partial charge in [0.1, 0.15) is 0 Å². The maximum Gasteiger partial charge on any atom is 0.213 e. The largest absolute Gasteiger partial charge is 0.477 e. The highest BCUT2D eigenvalue weighted by Gasteiger charge is 2.10. The molecule has 0 fully saturated rings. The molecule has 102 valence electrons. The van der Waals surface area contributed by atoms with Gasteiger partial charge in [-0.1, -0.05) is 32.8 Å². The van der Waals surface area contributed by atoms with Crippen molar-refractivity contribution >= 4 is 0 Å². The van der Waals surface area contributed by atoms with Gasteiger partial charge in [-0.25, -0.2) is 4.98 Å². The van der Waals surface area contributed by atoms with Crippen LogP contribution in [-0.4, -0.2) is 23.2 Å². The summed E-state index contributed by atoms with van der Waals surface area (Å²) >= 11 is 0. The number of nitrogens with two attached hydrogens (primary N) is 1. The molecule has 4 nitrogen and oxygen atoms in total. The van der Waals surface area contributed by atoms with Crippen molar-refractivity contribution in [3.63, 3.8) is 0 Å². The molecule has 0 aliphatic carbocycles. The third-order valence-corrected chi connectivity index (χ3v) is 3.15. The van der Waals surface area contributed by atoms with Gasteiger partial charge in [-0.3, -0.25) is 0 Å². The first-order valence-electron chi connectivity index (χ1n) is 6.69. The number of hydrogen-bond donors (Lipinski definition) is 2. The minimum atomic E-state index is -0.605. The second-order valence-electron chi connectivity index (χ2n) is 4.49. The molecule has 0 saturated carbocycles. The summed E-state index contributed by atoms with van der Waals surface area (Å²) in [5.41, 5.74) is 6.05. The van der Waals surface area contributed by atoms with Crippen LogP contribution in [0.1, 0.15) is 44.9 Å². The summed E-state index contributed by atoms with van der Waals surface area (Å²) in [6.45, 7) is 5.44. The van der Waals surface area contributed by atoms with Gasteiger partial charge in [-0.15, -0.1) is 0 Å². The van der Waals surface area contributed by atoms with Crippen LogP contribution in [-0.2, 0) is 0 Å². The zero-order valence-corrected chi connectivity index (χ0v) is 11.3. The fraction of sp³-hybridized carbons (Fsp3) is 0.643. The molecule has 3 N–H and O–H groups in total. The van der Waals surface area contributed by atoms with Gasteiger partial charge in [-0.2, -0.15) is 0 Å². The van der Waals surface area contributed by atoms with E-state index in [0.717, 1.165) is 12.8 Å². The molecular weight excluding hydrogens is 228 g/mol. The molecule has 1 aromatic heterocycles. The van der Waals surface area contributed by atoms with Crippen LogP contribution in [0, 0.1) is 5.92 Å². The third-order valence-electron chi connectivity index (χ3n) is 3.15. The van der Waals surface area contributed by atoms with Gasteiger partial charge >= 0.3 is 0 Å². The minimum absolute atomic E-state index is 0.446. The van der Waals surface area contributed by atoms with Gasteiger partial charge in [0, 0.05) is 6.07 Å². The van der Waals surface area contributed by atoms with E-state index in [1.165, 1.54) is 0 Å². The van der Waals surface area contributed by atoms with Crippen LogP contribution in [0.4, 0.5) is 0 Å². The van der Waals surface area contributed by atoms with Gasteiger partial charge in [0.05, 0.1) is 18.4 Å². The van der Waals surface area contributed by atoms with Crippen molar-refractivity contribution in [2.75, 3.05) is 13.2 Å². The van der Waals surface area contributed by atoms with E-state index < -0.39 is 6.10 Å². The Bertz CT molecular complexity index is 340. The summed E-state index contributed by atoms with van der Waals surface area (Å²) in [6.07, 6.45) is 2.12. The molecule has 0 amide bonds. The van der Waals surface area contributed by atoms with Crippen molar-refractivity contribution in [1.29, 1.82) is 0 Å². The first-order chi connectivity index (χ1) is 8.71. The Morgan fingerprint density at radius 2 is 2.06 bits per heavy atom. The lowest BCUT2D eigenvalue weighted by Crippen LogP contribution is -2.12. The van der Waals surface area contributed by atoms with E-state index in [2.05, 4.69) is 18.8 Å². The number of hydrogen-bond acceptors (Lipinski definition) is 4. The molecular formula is C14H24N2O2. The van der Waals surface area contributed by atoms with Crippen LogP contribution in [0.15, 0.2) is 18.2 Å². The molecule has 0 aliphatic rings. The van der Waals surface area contributed by atoms with Gasteiger partial charge < -0.3 is 15.6 Å². The van der Waals surface area contributed by atoms with Crippen LogP contribution < -0.4 is 10.5 Å². The predicted molar refractivity (Wildman–Crippen MR) is 72.4 cm³/mol. The standard InChI is InChI=1S/C14H24N2O2/c1-3-11(4-2)10-18-14-7-5-6-12(16-14)13(17)8-9-15/h5-7,11,13,17H,3-4,8-10,15H2,1-2H3. The van der Waals surface area contributed by atoms with Gasteiger partial charge in [-0.05, 0) is 24.9 Å². The molecule has 0 aliphatic heterocycles. The van der Waals surface area contributed by atoms with Crippen molar-refractivity contribution in [2.45, 2.75) is 39.2 Å². The average Bonchev–Trinajstić information content (AvgIpc) is 2.40. The maximum atomic E-state index is 9.82. The Hall–Kier alpha value is -1.13. The number of nitrogens with zero attached hydrogens (tertiary/aromatic N) is 1. The van der Waals surface area contributed by atoms with E-state index >= 15 is 0 Å². The first kappa shape index (κ1) is 14.9. The van der Waals surface area contributed by atoms with Crippen molar-refractivity contribution in [3.8, 4) is 5.88 Å². The second kappa shape index (κ2) is 8.06. The van der Waals surface area contributed by atoms with E-state index in [4.69, 9.17) is 10.5 Å². The van der Waals surface area contributed by atoms with Gasteiger partial charge in [0.15, 0.2) is 0 Å². The van der Waals surface area contributed by atoms with Crippen molar-refractivity contribution in [3.05, 3.63) is 23.9 Å². The van der Waals surface area contributed by atoms with Crippen molar-refractivity contribution in [1.82, 2.24) is 4.98 Å². The number of pyridine rings is 1. The minimum Gasteiger partial charge on any atom is -0.477 e. The molecule has 0 aromatic carbocycles. The summed E-state index contributed by atoms with van der Waals surface area (Å²) in [4.78, 5) is 4.30. The van der Waals surface area contributed by atoms with Crippen LogP contribution in [0.5, 0.6) is 5.88 Å². The number of aromatic nitrogens is 1. The van der Waals surface area contributed by atoms with Crippen molar-refractivity contribution < 1.29 is 9.84 Å². The Balaban J connectivity index is 2.59. The molecule has 1 atom stereocenters. The molecule has 1 rings (SSSR count). The number of rotatable bonds is 8.